The smallest absolute Gasteiger partial charge is 0.161 e. The van der Waals surface area contributed by atoms with Gasteiger partial charge >= 0.3 is 0 Å². The van der Waals surface area contributed by atoms with Crippen LogP contribution in [-0.2, 0) is 17.6 Å². The van der Waals surface area contributed by atoms with Gasteiger partial charge in [0.25, 0.3) is 0 Å². The van der Waals surface area contributed by atoms with Crippen LogP contribution in [0.4, 0.5) is 0 Å². The maximum atomic E-state index is 10.4. The third-order valence-electron chi connectivity index (χ3n) is 6.64. The number of phenols is 2. The zero-order chi connectivity index (χ0) is 21.1. The molecule has 0 amide bonds. The lowest BCUT2D eigenvalue weighted by molar-refractivity contribution is -0.0646. The Hall–Kier alpha value is -2.28. The zero-order valence-corrected chi connectivity index (χ0v) is 17.6. The molecule has 6 heteroatoms. The summed E-state index contributed by atoms with van der Waals surface area (Å²) in [5.74, 6) is 1.24. The molecule has 1 fully saturated rings. The van der Waals surface area contributed by atoms with E-state index in [-0.39, 0.29) is 23.7 Å². The minimum atomic E-state index is -0.224. The zero-order valence-electron chi connectivity index (χ0n) is 17.6. The Morgan fingerprint density at radius 3 is 2.50 bits per heavy atom. The highest BCUT2D eigenvalue weighted by Gasteiger charge is 2.35. The first-order chi connectivity index (χ1) is 14.6. The summed E-state index contributed by atoms with van der Waals surface area (Å²) < 4.78 is 11.6. The fraction of sp³-hybridized carbons (Fsp3) is 0.500. The van der Waals surface area contributed by atoms with Gasteiger partial charge in [0.15, 0.2) is 11.5 Å². The highest BCUT2D eigenvalue weighted by molar-refractivity contribution is 5.51. The third kappa shape index (κ3) is 4.41. The van der Waals surface area contributed by atoms with Crippen molar-refractivity contribution in [3.63, 3.8) is 0 Å². The highest BCUT2D eigenvalue weighted by atomic mass is 16.5. The number of benzene rings is 2. The molecule has 2 aromatic rings. The van der Waals surface area contributed by atoms with Gasteiger partial charge < -0.3 is 30.3 Å². The summed E-state index contributed by atoms with van der Waals surface area (Å²) in [4.78, 5) is 2.52. The van der Waals surface area contributed by atoms with E-state index in [1.165, 1.54) is 11.6 Å². The van der Waals surface area contributed by atoms with E-state index in [4.69, 9.17) is 15.2 Å². The van der Waals surface area contributed by atoms with E-state index in [0.29, 0.717) is 18.9 Å². The Morgan fingerprint density at radius 1 is 1.10 bits per heavy atom. The van der Waals surface area contributed by atoms with Gasteiger partial charge in [0.2, 0.25) is 0 Å². The lowest BCUT2D eigenvalue weighted by atomic mass is 9.83. The van der Waals surface area contributed by atoms with Gasteiger partial charge in [0.1, 0.15) is 5.75 Å². The number of nitrogens with zero attached hydrogens (tertiary/aromatic N) is 1. The van der Waals surface area contributed by atoms with Crippen LogP contribution in [0, 0.1) is 5.92 Å². The van der Waals surface area contributed by atoms with Crippen molar-refractivity contribution in [2.45, 2.75) is 37.9 Å². The summed E-state index contributed by atoms with van der Waals surface area (Å²) in [5, 5.41) is 20.3. The molecule has 162 valence electrons. The van der Waals surface area contributed by atoms with Crippen LogP contribution in [-0.4, -0.2) is 54.5 Å². The molecule has 2 atom stereocenters. The monoisotopic (exact) mass is 412 g/mol. The van der Waals surface area contributed by atoms with E-state index in [1.54, 1.807) is 7.11 Å². The Bertz CT molecular complexity index is 847. The molecule has 0 spiro atoms. The molecule has 2 heterocycles. The van der Waals surface area contributed by atoms with Gasteiger partial charge in [-0.05, 0) is 67.6 Å². The number of likely N-dealkylation sites (tertiary alicyclic amines) is 1. The Labute approximate surface area is 178 Å². The standard InChI is InChI=1S/C24H32N2O4/c1-29-18-4-2-16(3-5-18)8-11-26-12-9-17(10-13-26)22-14-20-19(23(15-25)30-22)6-7-21(27)24(20)28/h2-7,17,22-23,27-28H,8-15,25H2,1H3/t22-,23-/m0/s1. The van der Waals surface area contributed by atoms with Crippen LogP contribution in [0.1, 0.15) is 35.6 Å². The van der Waals surface area contributed by atoms with E-state index < -0.39 is 0 Å². The fourth-order valence-electron chi connectivity index (χ4n) is 4.78. The molecule has 0 aliphatic carbocycles. The quantitative estimate of drug-likeness (QED) is 0.632. The number of fused-ring (bicyclic) bond motifs is 1. The van der Waals surface area contributed by atoms with Crippen LogP contribution in [0.25, 0.3) is 0 Å². The molecular weight excluding hydrogens is 380 g/mol. The predicted octanol–water partition coefficient (Wildman–Crippen LogP) is 3.00. The van der Waals surface area contributed by atoms with Crippen LogP contribution >= 0.6 is 0 Å². The van der Waals surface area contributed by atoms with E-state index >= 15 is 0 Å². The number of phenolic OH excluding ortho intramolecular Hbond substituents is 2. The second kappa shape index (κ2) is 9.25. The predicted molar refractivity (Wildman–Crippen MR) is 116 cm³/mol. The molecule has 2 aliphatic heterocycles. The molecule has 1 saturated heterocycles. The van der Waals surface area contributed by atoms with Gasteiger partial charge in [-0.2, -0.15) is 0 Å². The number of aromatic hydroxyl groups is 2. The van der Waals surface area contributed by atoms with Crippen LogP contribution in [0.3, 0.4) is 0 Å². The molecule has 0 radical (unpaired) electrons. The Morgan fingerprint density at radius 2 is 1.83 bits per heavy atom. The van der Waals surface area contributed by atoms with E-state index in [2.05, 4.69) is 17.0 Å². The first-order valence-corrected chi connectivity index (χ1v) is 10.8. The molecular formula is C24H32N2O4. The summed E-state index contributed by atoms with van der Waals surface area (Å²) in [6.07, 6.45) is 3.60. The summed E-state index contributed by atoms with van der Waals surface area (Å²) in [5.41, 5.74) is 8.97. The second-order valence-corrected chi connectivity index (χ2v) is 8.38. The first kappa shape index (κ1) is 21.0. The lowest BCUT2D eigenvalue weighted by Gasteiger charge is -2.40. The topological polar surface area (TPSA) is 88.2 Å². The van der Waals surface area contributed by atoms with Gasteiger partial charge in [-0.3, -0.25) is 0 Å². The van der Waals surface area contributed by atoms with Crippen LogP contribution < -0.4 is 10.5 Å². The van der Waals surface area contributed by atoms with Gasteiger partial charge in [-0.25, -0.2) is 0 Å². The van der Waals surface area contributed by atoms with Crippen molar-refractivity contribution in [2.24, 2.45) is 11.7 Å². The number of piperidine rings is 1. The number of methoxy groups -OCH3 is 1. The summed E-state index contributed by atoms with van der Waals surface area (Å²) >= 11 is 0. The molecule has 6 nitrogen and oxygen atoms in total. The van der Waals surface area contributed by atoms with Crippen LogP contribution in [0.2, 0.25) is 0 Å². The maximum absolute atomic E-state index is 10.4. The Kier molecular flexibility index (Phi) is 6.46. The number of ether oxygens (including phenoxy) is 2. The van der Waals surface area contributed by atoms with Gasteiger partial charge in [0.05, 0.1) is 19.3 Å². The van der Waals surface area contributed by atoms with E-state index in [1.807, 2.05) is 18.2 Å². The number of hydrogen-bond donors (Lipinski definition) is 3. The average molecular weight is 413 g/mol. The minimum absolute atomic E-state index is 0.0174. The molecule has 0 aromatic heterocycles. The number of hydrogen-bond acceptors (Lipinski definition) is 6. The number of nitrogens with two attached hydrogens (primary N) is 1. The summed E-state index contributed by atoms with van der Waals surface area (Å²) in [6, 6.07) is 11.6. The van der Waals surface area contributed by atoms with Crippen LogP contribution in [0.15, 0.2) is 36.4 Å². The normalized spacial score (nSPS) is 22.6. The van der Waals surface area contributed by atoms with Crippen molar-refractivity contribution < 1.29 is 19.7 Å². The minimum Gasteiger partial charge on any atom is -0.504 e. The maximum Gasteiger partial charge on any atom is 0.161 e. The van der Waals surface area contributed by atoms with Crippen molar-refractivity contribution in [2.75, 3.05) is 33.3 Å². The van der Waals surface area contributed by atoms with Crippen molar-refractivity contribution in [1.82, 2.24) is 4.90 Å². The molecule has 30 heavy (non-hydrogen) atoms. The van der Waals surface area contributed by atoms with Gasteiger partial charge in [0, 0.05) is 25.1 Å². The van der Waals surface area contributed by atoms with Crippen molar-refractivity contribution in [3.8, 4) is 17.2 Å². The third-order valence-corrected chi connectivity index (χ3v) is 6.64. The Balaban J connectivity index is 1.33. The van der Waals surface area contributed by atoms with E-state index in [9.17, 15) is 10.2 Å². The second-order valence-electron chi connectivity index (χ2n) is 8.38. The van der Waals surface area contributed by atoms with Gasteiger partial charge in [-0.15, -0.1) is 0 Å². The molecule has 4 rings (SSSR count). The fourth-order valence-corrected chi connectivity index (χ4v) is 4.78. The molecule has 2 aromatic carbocycles. The van der Waals surface area contributed by atoms with E-state index in [0.717, 1.165) is 55.8 Å². The molecule has 0 saturated carbocycles. The molecule has 2 aliphatic rings. The largest absolute Gasteiger partial charge is 0.504 e. The number of rotatable bonds is 6. The summed E-state index contributed by atoms with van der Waals surface area (Å²) in [6.45, 7) is 3.52. The molecule has 0 unspecified atom stereocenters. The SMILES string of the molecule is COc1ccc(CCN2CCC([C@@H]3Cc4c(ccc(O)c4O)[C@H](CN)O3)CC2)cc1. The van der Waals surface area contributed by atoms with Crippen molar-refractivity contribution in [1.29, 1.82) is 0 Å². The first-order valence-electron chi connectivity index (χ1n) is 10.8. The van der Waals surface area contributed by atoms with Crippen molar-refractivity contribution in [3.05, 3.63) is 53.1 Å². The van der Waals surface area contributed by atoms with Crippen molar-refractivity contribution >= 4 is 0 Å². The molecule has 0 bridgehead atoms. The summed E-state index contributed by atoms with van der Waals surface area (Å²) in [7, 11) is 1.69. The average Bonchev–Trinajstić information content (AvgIpc) is 2.80. The molecule has 4 N–H and O–H groups in total. The lowest BCUT2D eigenvalue weighted by Crippen LogP contribution is -2.42. The van der Waals surface area contributed by atoms with Crippen LogP contribution in [0.5, 0.6) is 17.2 Å². The van der Waals surface area contributed by atoms with Gasteiger partial charge in [-0.1, -0.05) is 18.2 Å². The highest BCUT2D eigenvalue weighted by Crippen LogP contribution is 2.42.